The van der Waals surface area contributed by atoms with Crippen molar-refractivity contribution in [1.82, 2.24) is 0 Å². The van der Waals surface area contributed by atoms with Crippen molar-refractivity contribution in [2.45, 2.75) is 43.9 Å². The van der Waals surface area contributed by atoms with E-state index in [4.69, 9.17) is 4.74 Å². The number of phenolic OH excluding ortho intramolecular Hbond substituents is 1. The quantitative estimate of drug-likeness (QED) is 0.539. The maximum absolute atomic E-state index is 11.4. The zero-order valence-corrected chi connectivity index (χ0v) is 14.4. The van der Waals surface area contributed by atoms with Gasteiger partial charge in [0.2, 0.25) is 0 Å². The van der Waals surface area contributed by atoms with E-state index in [-0.39, 0.29) is 11.5 Å². The molecule has 0 amide bonds. The van der Waals surface area contributed by atoms with Crippen LogP contribution in [0.25, 0.3) is 0 Å². The number of benzene rings is 2. The van der Waals surface area contributed by atoms with Gasteiger partial charge in [0.25, 0.3) is 10.1 Å². The van der Waals surface area contributed by atoms with Gasteiger partial charge in [-0.1, -0.05) is 44.4 Å². The number of aryl methyl sites for hydroxylation is 1. The molecule has 130 valence electrons. The average Bonchev–Trinajstić information content (AvgIpc) is 2.54. The van der Waals surface area contributed by atoms with Crippen LogP contribution in [0.1, 0.15) is 38.2 Å². The van der Waals surface area contributed by atoms with Gasteiger partial charge in [0, 0.05) is 0 Å². The van der Waals surface area contributed by atoms with Gasteiger partial charge in [-0.15, -0.1) is 0 Å². The largest absolute Gasteiger partial charge is 0.504 e. The second-order valence-corrected chi connectivity index (χ2v) is 7.03. The maximum atomic E-state index is 11.4. The molecular formula is C18H22O5S. The van der Waals surface area contributed by atoms with Crippen LogP contribution in [0.3, 0.4) is 0 Å². The van der Waals surface area contributed by atoms with E-state index in [0.29, 0.717) is 5.75 Å². The van der Waals surface area contributed by atoms with Crippen LogP contribution in [0.5, 0.6) is 17.2 Å². The average molecular weight is 350 g/mol. The fourth-order valence-electron chi connectivity index (χ4n) is 2.41. The van der Waals surface area contributed by atoms with E-state index in [9.17, 15) is 18.1 Å². The summed E-state index contributed by atoms with van der Waals surface area (Å²) < 4.78 is 37.5. The molecule has 2 rings (SSSR count). The van der Waals surface area contributed by atoms with Crippen molar-refractivity contribution in [3.8, 4) is 17.2 Å². The van der Waals surface area contributed by atoms with Crippen LogP contribution in [-0.2, 0) is 16.5 Å². The number of unbranched alkanes of at least 4 members (excludes halogenated alkanes) is 3. The van der Waals surface area contributed by atoms with Crippen LogP contribution >= 0.6 is 0 Å². The predicted octanol–water partition coefficient (Wildman–Crippen LogP) is 4.55. The van der Waals surface area contributed by atoms with Crippen molar-refractivity contribution in [2.75, 3.05) is 0 Å². The standard InChI is InChI=1S/C18H22O5S/c1-2-3-4-5-7-14-10-12-15(13-11-14)23-18-16(19)8-6-9-17(18)24(20,21)22/h6,8-13,19H,2-5,7H2,1H3,(H,20,21,22). The number of rotatable bonds is 8. The van der Waals surface area contributed by atoms with Crippen LogP contribution < -0.4 is 4.74 Å². The molecular weight excluding hydrogens is 328 g/mol. The summed E-state index contributed by atoms with van der Waals surface area (Å²) >= 11 is 0. The Kier molecular flexibility index (Phi) is 6.23. The van der Waals surface area contributed by atoms with E-state index >= 15 is 0 Å². The minimum absolute atomic E-state index is 0.282. The van der Waals surface area contributed by atoms with Gasteiger partial charge in [0.1, 0.15) is 10.6 Å². The zero-order valence-electron chi connectivity index (χ0n) is 13.6. The topological polar surface area (TPSA) is 83.8 Å². The number of hydrogen-bond acceptors (Lipinski definition) is 4. The van der Waals surface area contributed by atoms with Gasteiger partial charge >= 0.3 is 0 Å². The van der Waals surface area contributed by atoms with Crippen molar-refractivity contribution < 1.29 is 22.8 Å². The number of para-hydroxylation sites is 1. The molecule has 0 aliphatic heterocycles. The van der Waals surface area contributed by atoms with Crippen molar-refractivity contribution in [1.29, 1.82) is 0 Å². The highest BCUT2D eigenvalue weighted by molar-refractivity contribution is 7.86. The Balaban J connectivity index is 2.12. The first-order valence-corrected chi connectivity index (χ1v) is 9.42. The lowest BCUT2D eigenvalue weighted by Gasteiger charge is -2.11. The van der Waals surface area contributed by atoms with Gasteiger partial charge in [-0.05, 0) is 42.7 Å². The summed E-state index contributed by atoms with van der Waals surface area (Å²) in [5, 5.41) is 9.84. The lowest BCUT2D eigenvalue weighted by Crippen LogP contribution is -2.01. The molecule has 0 saturated carbocycles. The minimum atomic E-state index is -4.49. The SMILES string of the molecule is CCCCCCc1ccc(Oc2c(O)cccc2S(=O)(=O)O)cc1. The van der Waals surface area contributed by atoms with Gasteiger partial charge in [-0.3, -0.25) is 4.55 Å². The Hall–Kier alpha value is -2.05. The first-order valence-electron chi connectivity index (χ1n) is 7.98. The molecule has 0 aromatic heterocycles. The summed E-state index contributed by atoms with van der Waals surface area (Å²) in [4.78, 5) is -0.467. The highest BCUT2D eigenvalue weighted by Gasteiger charge is 2.20. The molecule has 0 atom stereocenters. The highest BCUT2D eigenvalue weighted by Crippen LogP contribution is 2.36. The van der Waals surface area contributed by atoms with E-state index in [1.807, 2.05) is 12.1 Å². The van der Waals surface area contributed by atoms with Crippen molar-refractivity contribution in [3.05, 3.63) is 48.0 Å². The van der Waals surface area contributed by atoms with Gasteiger partial charge in [0.15, 0.2) is 11.5 Å². The smallest absolute Gasteiger partial charge is 0.298 e. The monoisotopic (exact) mass is 350 g/mol. The highest BCUT2D eigenvalue weighted by atomic mass is 32.2. The maximum Gasteiger partial charge on any atom is 0.298 e. The fourth-order valence-corrected chi connectivity index (χ4v) is 3.04. The normalized spacial score (nSPS) is 11.4. The Morgan fingerprint density at radius 3 is 2.33 bits per heavy atom. The van der Waals surface area contributed by atoms with Crippen molar-refractivity contribution in [3.63, 3.8) is 0 Å². The summed E-state index contributed by atoms with van der Waals surface area (Å²) in [6, 6.07) is 11.1. The number of aromatic hydroxyl groups is 1. The molecule has 24 heavy (non-hydrogen) atoms. The molecule has 0 heterocycles. The molecule has 0 aliphatic rings. The molecule has 2 N–H and O–H groups in total. The minimum Gasteiger partial charge on any atom is -0.504 e. The molecule has 0 fully saturated rings. The van der Waals surface area contributed by atoms with Crippen LogP contribution in [0.2, 0.25) is 0 Å². The lowest BCUT2D eigenvalue weighted by atomic mass is 10.1. The summed E-state index contributed by atoms with van der Waals surface area (Å²) in [6.07, 6.45) is 5.73. The van der Waals surface area contributed by atoms with Gasteiger partial charge < -0.3 is 9.84 Å². The molecule has 0 radical (unpaired) electrons. The number of ether oxygens (including phenoxy) is 1. The molecule has 0 saturated heterocycles. The molecule has 6 heteroatoms. The van der Waals surface area contributed by atoms with Gasteiger partial charge in [0.05, 0.1) is 0 Å². The van der Waals surface area contributed by atoms with E-state index in [1.54, 1.807) is 12.1 Å². The second kappa shape index (κ2) is 8.17. The number of hydrogen-bond donors (Lipinski definition) is 2. The summed E-state index contributed by atoms with van der Waals surface area (Å²) in [7, 11) is -4.49. The summed E-state index contributed by atoms with van der Waals surface area (Å²) in [5.74, 6) is -0.247. The molecule has 2 aromatic rings. The number of phenols is 1. The third kappa shape index (κ3) is 4.97. The third-order valence-corrected chi connectivity index (χ3v) is 4.58. The molecule has 5 nitrogen and oxygen atoms in total. The first kappa shape index (κ1) is 18.3. The lowest BCUT2D eigenvalue weighted by molar-refractivity contribution is 0.397. The molecule has 0 spiro atoms. The van der Waals surface area contributed by atoms with E-state index < -0.39 is 15.0 Å². The molecule has 0 unspecified atom stereocenters. The van der Waals surface area contributed by atoms with Gasteiger partial charge in [-0.2, -0.15) is 8.42 Å². The Bertz CT molecular complexity index is 766. The Morgan fingerprint density at radius 1 is 1.00 bits per heavy atom. The van der Waals surface area contributed by atoms with Crippen LogP contribution in [0.4, 0.5) is 0 Å². The van der Waals surface area contributed by atoms with Crippen LogP contribution in [-0.4, -0.2) is 18.1 Å². The first-order chi connectivity index (χ1) is 11.4. The van der Waals surface area contributed by atoms with Crippen molar-refractivity contribution in [2.24, 2.45) is 0 Å². The van der Waals surface area contributed by atoms with E-state index in [1.165, 1.54) is 43.0 Å². The fraction of sp³-hybridized carbons (Fsp3) is 0.333. The molecule has 2 aromatic carbocycles. The van der Waals surface area contributed by atoms with Crippen LogP contribution in [0.15, 0.2) is 47.4 Å². The Labute approximate surface area is 142 Å². The third-order valence-electron chi connectivity index (χ3n) is 3.70. The van der Waals surface area contributed by atoms with Gasteiger partial charge in [-0.25, -0.2) is 0 Å². The summed E-state index contributed by atoms with van der Waals surface area (Å²) in [6.45, 7) is 2.17. The van der Waals surface area contributed by atoms with Crippen molar-refractivity contribution >= 4 is 10.1 Å². The van der Waals surface area contributed by atoms with Crippen LogP contribution in [0, 0.1) is 0 Å². The predicted molar refractivity (Wildman–Crippen MR) is 92.3 cm³/mol. The molecule has 0 aliphatic carbocycles. The second-order valence-electron chi connectivity index (χ2n) is 5.64. The summed E-state index contributed by atoms with van der Waals surface area (Å²) in [5.41, 5.74) is 1.17. The van der Waals surface area contributed by atoms with E-state index in [0.717, 1.165) is 12.8 Å². The Morgan fingerprint density at radius 2 is 1.71 bits per heavy atom. The van der Waals surface area contributed by atoms with E-state index in [2.05, 4.69) is 6.92 Å². The zero-order chi connectivity index (χ0) is 17.6. The molecule has 0 bridgehead atoms.